The predicted molar refractivity (Wildman–Crippen MR) is 133 cm³/mol. The molecule has 0 fully saturated rings. The molecule has 0 spiro atoms. The third-order valence-corrected chi connectivity index (χ3v) is 5.92. The van der Waals surface area contributed by atoms with Crippen LogP contribution in [0.2, 0.25) is 0 Å². The number of rotatable bonds is 8. The Kier molecular flexibility index (Phi) is 6.87. The fourth-order valence-corrected chi connectivity index (χ4v) is 4.09. The molecule has 0 saturated carbocycles. The first kappa shape index (κ1) is 21.6. The van der Waals surface area contributed by atoms with E-state index < -0.39 is 0 Å². The van der Waals surface area contributed by atoms with Crippen LogP contribution in [0.5, 0.6) is 0 Å². The lowest BCUT2D eigenvalue weighted by Gasteiger charge is -2.11. The van der Waals surface area contributed by atoms with Crippen LogP contribution in [0.3, 0.4) is 0 Å². The van der Waals surface area contributed by atoms with E-state index in [2.05, 4.69) is 33.3 Å². The highest BCUT2D eigenvalue weighted by Gasteiger charge is 2.13. The number of aromatic nitrogens is 2. The molecular formula is C25H25N5OS. The van der Waals surface area contributed by atoms with Crippen molar-refractivity contribution in [1.82, 2.24) is 15.0 Å². The van der Waals surface area contributed by atoms with Gasteiger partial charge in [0.05, 0.1) is 29.5 Å². The number of nitrogens with one attached hydrogen (secondary N) is 1. The van der Waals surface area contributed by atoms with Crippen molar-refractivity contribution in [2.24, 2.45) is 5.10 Å². The van der Waals surface area contributed by atoms with E-state index in [-0.39, 0.29) is 11.7 Å². The largest absolute Gasteiger partial charge is 0.378 e. The monoisotopic (exact) mass is 443 g/mol. The molecule has 6 nitrogen and oxygen atoms in total. The Labute approximate surface area is 192 Å². The summed E-state index contributed by atoms with van der Waals surface area (Å²) in [5.41, 5.74) is 7.80. The van der Waals surface area contributed by atoms with Crippen LogP contribution >= 0.6 is 11.8 Å². The first-order valence-corrected chi connectivity index (χ1v) is 11.3. The van der Waals surface area contributed by atoms with Gasteiger partial charge in [0.2, 0.25) is 0 Å². The van der Waals surface area contributed by atoms with Gasteiger partial charge in [-0.2, -0.15) is 5.10 Å². The molecule has 1 amide bonds. The van der Waals surface area contributed by atoms with Crippen molar-refractivity contribution in [3.63, 3.8) is 0 Å². The lowest BCUT2D eigenvalue weighted by molar-refractivity contribution is -0.118. The summed E-state index contributed by atoms with van der Waals surface area (Å²) in [6.07, 6.45) is 1.65. The lowest BCUT2D eigenvalue weighted by Crippen LogP contribution is -2.20. The summed E-state index contributed by atoms with van der Waals surface area (Å²) in [5.74, 6) is 0.0594. The summed E-state index contributed by atoms with van der Waals surface area (Å²) >= 11 is 1.41. The molecule has 7 heteroatoms. The number of thioether (sulfide) groups is 1. The fourth-order valence-electron chi connectivity index (χ4n) is 3.28. The van der Waals surface area contributed by atoms with Gasteiger partial charge >= 0.3 is 0 Å². The SMILES string of the molecule is CN(C)c1ccc(/C=N/NC(=O)CSc2nc3ccccc3n2Cc2ccccc2)cc1. The number of para-hydroxylation sites is 2. The Morgan fingerprint density at radius 2 is 1.75 bits per heavy atom. The van der Waals surface area contributed by atoms with Crippen LogP contribution in [0.4, 0.5) is 5.69 Å². The van der Waals surface area contributed by atoms with Crippen LogP contribution in [0, 0.1) is 0 Å². The molecule has 0 aliphatic rings. The molecule has 0 radical (unpaired) electrons. The molecule has 162 valence electrons. The van der Waals surface area contributed by atoms with Gasteiger partial charge in [0, 0.05) is 19.8 Å². The standard InChI is InChI=1S/C25H25N5OS/c1-29(2)21-14-12-19(13-15-21)16-26-28-24(31)18-32-25-27-22-10-6-7-11-23(22)30(25)17-20-8-4-3-5-9-20/h3-16H,17-18H2,1-2H3,(H,28,31)/b26-16+. The highest BCUT2D eigenvalue weighted by atomic mass is 32.2. The van der Waals surface area contributed by atoms with E-state index in [1.54, 1.807) is 6.21 Å². The number of hydrogen-bond donors (Lipinski definition) is 1. The minimum atomic E-state index is -0.172. The van der Waals surface area contributed by atoms with E-state index >= 15 is 0 Å². The second-order valence-corrected chi connectivity index (χ2v) is 8.47. The van der Waals surface area contributed by atoms with Crippen molar-refractivity contribution in [3.8, 4) is 0 Å². The molecule has 0 aliphatic carbocycles. The smallest absolute Gasteiger partial charge is 0.250 e. The van der Waals surface area contributed by atoms with Crippen molar-refractivity contribution in [1.29, 1.82) is 0 Å². The minimum absolute atomic E-state index is 0.172. The number of fused-ring (bicyclic) bond motifs is 1. The molecule has 1 heterocycles. The maximum atomic E-state index is 12.3. The molecule has 32 heavy (non-hydrogen) atoms. The molecule has 0 aliphatic heterocycles. The van der Waals surface area contributed by atoms with Crippen molar-refractivity contribution >= 4 is 40.6 Å². The van der Waals surface area contributed by atoms with Crippen LogP contribution in [-0.4, -0.2) is 41.5 Å². The Morgan fingerprint density at radius 3 is 2.50 bits per heavy atom. The molecule has 4 aromatic rings. The second kappa shape index (κ2) is 10.2. The highest BCUT2D eigenvalue weighted by Crippen LogP contribution is 2.25. The van der Waals surface area contributed by atoms with Crippen LogP contribution < -0.4 is 10.3 Å². The Balaban J connectivity index is 1.40. The first-order valence-electron chi connectivity index (χ1n) is 10.3. The summed E-state index contributed by atoms with van der Waals surface area (Å²) in [7, 11) is 3.99. The van der Waals surface area contributed by atoms with Gasteiger partial charge in [0.25, 0.3) is 5.91 Å². The maximum absolute atomic E-state index is 12.3. The zero-order valence-electron chi connectivity index (χ0n) is 18.1. The number of carbonyl (C=O) groups is 1. The van der Waals surface area contributed by atoms with Gasteiger partial charge in [-0.15, -0.1) is 0 Å². The summed E-state index contributed by atoms with van der Waals surface area (Å²) in [6.45, 7) is 0.701. The summed E-state index contributed by atoms with van der Waals surface area (Å²) in [4.78, 5) is 19.1. The quantitative estimate of drug-likeness (QED) is 0.249. The molecule has 0 bridgehead atoms. The van der Waals surface area contributed by atoms with Crippen molar-refractivity contribution in [3.05, 3.63) is 90.0 Å². The van der Waals surface area contributed by atoms with Gasteiger partial charge in [-0.1, -0.05) is 66.4 Å². The van der Waals surface area contributed by atoms with Crippen molar-refractivity contribution < 1.29 is 4.79 Å². The molecular weight excluding hydrogens is 418 g/mol. The average molecular weight is 444 g/mol. The summed E-state index contributed by atoms with van der Waals surface area (Å²) < 4.78 is 2.15. The van der Waals surface area contributed by atoms with E-state index in [1.165, 1.54) is 17.3 Å². The van der Waals surface area contributed by atoms with Gasteiger partial charge in [-0.25, -0.2) is 10.4 Å². The number of carbonyl (C=O) groups excluding carboxylic acids is 1. The van der Waals surface area contributed by atoms with E-state index in [0.29, 0.717) is 6.54 Å². The number of imidazole rings is 1. The number of amides is 1. The third-order valence-electron chi connectivity index (χ3n) is 4.95. The maximum Gasteiger partial charge on any atom is 0.250 e. The van der Waals surface area contributed by atoms with Gasteiger partial charge in [-0.05, 0) is 35.4 Å². The minimum Gasteiger partial charge on any atom is -0.378 e. The van der Waals surface area contributed by atoms with Gasteiger partial charge in [0.15, 0.2) is 5.16 Å². The van der Waals surface area contributed by atoms with Crippen molar-refractivity contribution in [2.45, 2.75) is 11.7 Å². The predicted octanol–water partition coefficient (Wildman–Crippen LogP) is 4.39. The summed E-state index contributed by atoms with van der Waals surface area (Å²) in [5, 5.41) is 4.90. The van der Waals surface area contributed by atoms with Gasteiger partial charge < -0.3 is 9.47 Å². The van der Waals surface area contributed by atoms with Gasteiger partial charge in [0.1, 0.15) is 0 Å². The zero-order valence-corrected chi connectivity index (χ0v) is 18.9. The average Bonchev–Trinajstić information content (AvgIpc) is 3.16. The topological polar surface area (TPSA) is 62.5 Å². The second-order valence-electron chi connectivity index (χ2n) is 7.52. The van der Waals surface area contributed by atoms with Crippen molar-refractivity contribution in [2.75, 3.05) is 24.7 Å². The lowest BCUT2D eigenvalue weighted by atomic mass is 10.2. The molecule has 1 aromatic heterocycles. The Morgan fingerprint density at radius 1 is 1.03 bits per heavy atom. The molecule has 0 saturated heterocycles. The van der Waals surface area contributed by atoms with Crippen LogP contribution in [0.15, 0.2) is 89.1 Å². The molecule has 1 N–H and O–H groups in total. The van der Waals surface area contributed by atoms with Gasteiger partial charge in [-0.3, -0.25) is 4.79 Å². The normalized spacial score (nSPS) is 11.2. The number of hydrogen-bond acceptors (Lipinski definition) is 5. The molecule has 0 atom stereocenters. The molecule has 0 unspecified atom stereocenters. The molecule has 3 aromatic carbocycles. The van der Waals surface area contributed by atoms with E-state index in [0.717, 1.165) is 27.4 Å². The van der Waals surface area contributed by atoms with E-state index in [1.807, 2.05) is 79.7 Å². The third kappa shape index (κ3) is 5.36. The number of nitrogens with zero attached hydrogens (tertiary/aromatic N) is 4. The van der Waals surface area contributed by atoms with E-state index in [4.69, 9.17) is 4.98 Å². The highest BCUT2D eigenvalue weighted by molar-refractivity contribution is 7.99. The first-order chi connectivity index (χ1) is 15.6. The zero-order chi connectivity index (χ0) is 22.3. The Bertz CT molecular complexity index is 1220. The molecule has 4 rings (SSSR count). The number of benzene rings is 3. The number of anilines is 1. The fraction of sp³-hybridized carbons (Fsp3) is 0.160. The Hall–Kier alpha value is -3.58. The number of hydrazone groups is 1. The van der Waals surface area contributed by atoms with Crippen LogP contribution in [-0.2, 0) is 11.3 Å². The van der Waals surface area contributed by atoms with Crippen LogP contribution in [0.25, 0.3) is 11.0 Å². The van der Waals surface area contributed by atoms with Crippen LogP contribution in [0.1, 0.15) is 11.1 Å². The summed E-state index contributed by atoms with van der Waals surface area (Å²) in [6, 6.07) is 26.2. The van der Waals surface area contributed by atoms with E-state index in [9.17, 15) is 4.79 Å².